The van der Waals surface area contributed by atoms with E-state index in [1.807, 2.05) is 0 Å². The van der Waals surface area contributed by atoms with E-state index in [0.717, 1.165) is 6.20 Å². The number of aromatic carboxylic acids is 1. The normalized spacial score (nSPS) is 10.1. The molecule has 0 unspecified atom stereocenters. The van der Waals surface area contributed by atoms with Crippen molar-refractivity contribution in [2.24, 2.45) is 0 Å². The SMILES string of the molecule is O=C(O)c1cc(-c2ccc([N+](=O)[O-])cc2)ncc1O. The van der Waals surface area contributed by atoms with E-state index in [2.05, 4.69) is 4.98 Å². The fourth-order valence-electron chi connectivity index (χ4n) is 1.53. The lowest BCUT2D eigenvalue weighted by Gasteiger charge is -2.03. The number of nitro groups is 1. The van der Waals surface area contributed by atoms with Crippen molar-refractivity contribution in [2.45, 2.75) is 0 Å². The Bertz CT molecular complexity index is 652. The largest absolute Gasteiger partial charge is 0.505 e. The molecule has 96 valence electrons. The molecule has 0 saturated heterocycles. The molecule has 0 amide bonds. The van der Waals surface area contributed by atoms with Crippen molar-refractivity contribution in [3.05, 3.63) is 52.2 Å². The van der Waals surface area contributed by atoms with Gasteiger partial charge in [-0.1, -0.05) is 0 Å². The molecule has 0 saturated carbocycles. The van der Waals surface area contributed by atoms with Crippen LogP contribution in [0.3, 0.4) is 0 Å². The van der Waals surface area contributed by atoms with E-state index >= 15 is 0 Å². The van der Waals surface area contributed by atoms with Gasteiger partial charge in [0.05, 0.1) is 16.8 Å². The molecule has 2 aromatic rings. The predicted octanol–water partition coefficient (Wildman–Crippen LogP) is 2.06. The molecule has 0 aliphatic rings. The number of hydrogen-bond donors (Lipinski definition) is 2. The van der Waals surface area contributed by atoms with Crippen LogP contribution in [0, 0.1) is 10.1 Å². The van der Waals surface area contributed by atoms with Crippen molar-refractivity contribution in [1.29, 1.82) is 0 Å². The highest BCUT2D eigenvalue weighted by atomic mass is 16.6. The van der Waals surface area contributed by atoms with Crippen molar-refractivity contribution in [3.8, 4) is 17.0 Å². The van der Waals surface area contributed by atoms with Crippen LogP contribution in [0.25, 0.3) is 11.3 Å². The first-order valence-corrected chi connectivity index (χ1v) is 5.16. The second-order valence-corrected chi connectivity index (χ2v) is 3.70. The highest BCUT2D eigenvalue weighted by Crippen LogP contribution is 2.25. The Morgan fingerprint density at radius 2 is 1.89 bits per heavy atom. The van der Waals surface area contributed by atoms with Gasteiger partial charge in [-0.15, -0.1) is 0 Å². The quantitative estimate of drug-likeness (QED) is 0.644. The average molecular weight is 260 g/mol. The van der Waals surface area contributed by atoms with Gasteiger partial charge in [0, 0.05) is 17.7 Å². The van der Waals surface area contributed by atoms with Gasteiger partial charge >= 0.3 is 5.97 Å². The topological polar surface area (TPSA) is 114 Å². The lowest BCUT2D eigenvalue weighted by Crippen LogP contribution is -1.98. The molecule has 0 aliphatic carbocycles. The Labute approximate surface area is 106 Å². The van der Waals surface area contributed by atoms with Gasteiger partial charge in [0.15, 0.2) is 0 Å². The third-order valence-electron chi connectivity index (χ3n) is 2.49. The number of hydrogen-bond acceptors (Lipinski definition) is 5. The van der Waals surface area contributed by atoms with E-state index in [1.54, 1.807) is 0 Å². The smallest absolute Gasteiger partial charge is 0.339 e. The summed E-state index contributed by atoms with van der Waals surface area (Å²) >= 11 is 0. The molecule has 1 heterocycles. The molecule has 19 heavy (non-hydrogen) atoms. The molecule has 0 spiro atoms. The first-order valence-electron chi connectivity index (χ1n) is 5.16. The highest BCUT2D eigenvalue weighted by molar-refractivity contribution is 5.91. The summed E-state index contributed by atoms with van der Waals surface area (Å²) in [4.78, 5) is 24.7. The zero-order chi connectivity index (χ0) is 14.0. The molecule has 7 heteroatoms. The van der Waals surface area contributed by atoms with Crippen molar-refractivity contribution >= 4 is 11.7 Å². The summed E-state index contributed by atoms with van der Waals surface area (Å²) in [5.41, 5.74) is 0.488. The maximum atomic E-state index is 10.9. The molecule has 2 N–H and O–H groups in total. The number of carboxylic acids is 1. The molecule has 1 aromatic heterocycles. The van der Waals surface area contributed by atoms with Crippen LogP contribution in [0.1, 0.15) is 10.4 Å². The summed E-state index contributed by atoms with van der Waals surface area (Å²) in [6.45, 7) is 0. The third-order valence-corrected chi connectivity index (χ3v) is 2.49. The molecule has 0 bridgehead atoms. The van der Waals surface area contributed by atoms with Gasteiger partial charge in [-0.3, -0.25) is 15.1 Å². The summed E-state index contributed by atoms with van der Waals surface area (Å²) < 4.78 is 0. The van der Waals surface area contributed by atoms with Crippen molar-refractivity contribution in [3.63, 3.8) is 0 Å². The summed E-state index contributed by atoms with van der Waals surface area (Å²) in [6, 6.07) is 6.72. The average Bonchev–Trinajstić information content (AvgIpc) is 2.39. The number of benzene rings is 1. The molecule has 0 aliphatic heterocycles. The zero-order valence-electron chi connectivity index (χ0n) is 9.48. The molecular weight excluding hydrogens is 252 g/mol. The van der Waals surface area contributed by atoms with E-state index in [-0.39, 0.29) is 11.3 Å². The van der Waals surface area contributed by atoms with Crippen molar-refractivity contribution < 1.29 is 19.9 Å². The Morgan fingerprint density at radius 3 is 2.42 bits per heavy atom. The Morgan fingerprint density at radius 1 is 1.26 bits per heavy atom. The number of nitrogens with zero attached hydrogens (tertiary/aromatic N) is 2. The molecule has 0 fully saturated rings. The molecule has 1 aromatic carbocycles. The van der Waals surface area contributed by atoms with Crippen molar-refractivity contribution in [2.75, 3.05) is 0 Å². The Balaban J connectivity index is 2.44. The first kappa shape index (κ1) is 12.5. The number of pyridine rings is 1. The van der Waals surface area contributed by atoms with Crippen molar-refractivity contribution in [1.82, 2.24) is 4.98 Å². The Hall–Kier alpha value is -2.96. The number of carboxylic acid groups (broad SMARTS) is 1. The summed E-state index contributed by atoms with van der Waals surface area (Å²) in [7, 11) is 0. The summed E-state index contributed by atoms with van der Waals surface area (Å²) in [6.07, 6.45) is 1.03. The Kier molecular flexibility index (Phi) is 3.11. The summed E-state index contributed by atoms with van der Waals surface area (Å²) in [5, 5.41) is 28.7. The fourth-order valence-corrected chi connectivity index (χ4v) is 1.53. The van der Waals surface area contributed by atoms with Crippen LogP contribution < -0.4 is 0 Å². The van der Waals surface area contributed by atoms with E-state index < -0.39 is 16.6 Å². The van der Waals surface area contributed by atoms with Crippen LogP contribution >= 0.6 is 0 Å². The van der Waals surface area contributed by atoms with Gasteiger partial charge < -0.3 is 10.2 Å². The predicted molar refractivity (Wildman–Crippen MR) is 65.0 cm³/mol. The van der Waals surface area contributed by atoms with Gasteiger partial charge in [0.25, 0.3) is 5.69 Å². The first-order chi connectivity index (χ1) is 8.99. The number of aromatic hydroxyl groups is 1. The van der Waals surface area contributed by atoms with Crippen LogP contribution in [0.15, 0.2) is 36.5 Å². The number of rotatable bonds is 3. The fraction of sp³-hybridized carbons (Fsp3) is 0. The maximum Gasteiger partial charge on any atom is 0.339 e. The second-order valence-electron chi connectivity index (χ2n) is 3.70. The lowest BCUT2D eigenvalue weighted by atomic mass is 10.1. The van der Waals surface area contributed by atoms with Gasteiger partial charge in [-0.05, 0) is 18.2 Å². The maximum absolute atomic E-state index is 10.9. The van der Waals surface area contributed by atoms with Crippen LogP contribution in [0.5, 0.6) is 5.75 Å². The second kappa shape index (κ2) is 4.73. The van der Waals surface area contributed by atoms with Crippen LogP contribution in [-0.4, -0.2) is 26.1 Å². The van der Waals surface area contributed by atoms with Gasteiger partial charge in [-0.25, -0.2) is 4.79 Å². The van der Waals surface area contributed by atoms with E-state index in [4.69, 9.17) is 5.11 Å². The highest BCUT2D eigenvalue weighted by Gasteiger charge is 2.13. The lowest BCUT2D eigenvalue weighted by molar-refractivity contribution is -0.384. The number of carbonyl (C=O) groups is 1. The molecule has 0 radical (unpaired) electrons. The standard InChI is InChI=1S/C12H8N2O5/c15-11-6-13-10(5-9(11)12(16)17)7-1-3-8(4-2-7)14(18)19/h1-6,15H,(H,16,17). The number of aromatic nitrogens is 1. The number of nitro benzene ring substituents is 1. The van der Waals surface area contributed by atoms with E-state index in [9.17, 15) is 20.0 Å². The zero-order valence-corrected chi connectivity index (χ0v) is 9.48. The molecule has 2 rings (SSSR count). The van der Waals surface area contributed by atoms with Gasteiger partial charge in [-0.2, -0.15) is 0 Å². The van der Waals surface area contributed by atoms with E-state index in [1.165, 1.54) is 30.3 Å². The third kappa shape index (κ3) is 2.49. The van der Waals surface area contributed by atoms with E-state index in [0.29, 0.717) is 11.3 Å². The van der Waals surface area contributed by atoms with Crippen LogP contribution in [0.4, 0.5) is 5.69 Å². The minimum atomic E-state index is -1.27. The van der Waals surface area contributed by atoms with Gasteiger partial charge in [0.1, 0.15) is 11.3 Å². The monoisotopic (exact) mass is 260 g/mol. The summed E-state index contributed by atoms with van der Waals surface area (Å²) in [5.74, 6) is -1.71. The molecule has 7 nitrogen and oxygen atoms in total. The number of non-ortho nitro benzene ring substituents is 1. The van der Waals surface area contributed by atoms with Gasteiger partial charge in [0.2, 0.25) is 0 Å². The van der Waals surface area contributed by atoms with Crippen LogP contribution in [0.2, 0.25) is 0 Å². The minimum Gasteiger partial charge on any atom is -0.505 e. The minimum absolute atomic E-state index is 0.0685. The van der Waals surface area contributed by atoms with Crippen LogP contribution in [-0.2, 0) is 0 Å². The molecular formula is C12H8N2O5. The molecule has 0 atom stereocenters.